The van der Waals surface area contributed by atoms with E-state index in [9.17, 15) is 9.90 Å². The van der Waals surface area contributed by atoms with Crippen molar-refractivity contribution in [2.24, 2.45) is 0 Å². The van der Waals surface area contributed by atoms with Crippen LogP contribution < -0.4 is 4.90 Å². The van der Waals surface area contributed by atoms with Crippen molar-refractivity contribution in [2.45, 2.75) is 25.5 Å². The molecule has 0 bridgehead atoms. The average Bonchev–Trinajstić information content (AvgIpc) is 2.61. The number of carbonyl (C=O) groups excluding carboxylic acids is 1. The van der Waals surface area contributed by atoms with Crippen LogP contribution in [0, 0.1) is 0 Å². The van der Waals surface area contributed by atoms with Gasteiger partial charge in [-0.05, 0) is 42.7 Å². The SMILES string of the molecule is O=C(N1CCC[C@@H](O)C1)N(Cc1ccccc1)c1ccc(Cl)cc1. The van der Waals surface area contributed by atoms with Gasteiger partial charge < -0.3 is 10.0 Å². The minimum absolute atomic E-state index is 0.0834. The number of amides is 2. The molecule has 1 heterocycles. The molecule has 1 fully saturated rings. The molecule has 0 radical (unpaired) electrons. The van der Waals surface area contributed by atoms with Gasteiger partial charge in [0.25, 0.3) is 0 Å². The van der Waals surface area contributed by atoms with Crippen molar-refractivity contribution in [3.8, 4) is 0 Å². The summed E-state index contributed by atoms with van der Waals surface area (Å²) in [5.41, 5.74) is 1.85. The predicted octanol–water partition coefficient (Wildman–Crippen LogP) is 3.92. The first-order chi connectivity index (χ1) is 11.6. The normalized spacial score (nSPS) is 17.6. The molecule has 1 aliphatic heterocycles. The number of nitrogens with zero attached hydrogens (tertiary/aromatic N) is 2. The zero-order valence-corrected chi connectivity index (χ0v) is 14.2. The van der Waals surface area contributed by atoms with Crippen LogP contribution in [0.1, 0.15) is 18.4 Å². The maximum Gasteiger partial charge on any atom is 0.324 e. The fraction of sp³-hybridized carbons (Fsp3) is 0.316. The summed E-state index contributed by atoms with van der Waals surface area (Å²) in [6, 6.07) is 17.1. The zero-order valence-electron chi connectivity index (χ0n) is 13.4. The number of piperidine rings is 1. The molecule has 2 aromatic rings. The molecule has 1 aliphatic rings. The van der Waals surface area contributed by atoms with Gasteiger partial charge >= 0.3 is 6.03 Å². The molecule has 24 heavy (non-hydrogen) atoms. The lowest BCUT2D eigenvalue weighted by atomic mass is 10.1. The minimum Gasteiger partial charge on any atom is -0.391 e. The molecule has 0 unspecified atom stereocenters. The molecule has 5 heteroatoms. The highest BCUT2D eigenvalue weighted by Crippen LogP contribution is 2.23. The Balaban J connectivity index is 1.86. The van der Waals surface area contributed by atoms with Crippen molar-refractivity contribution in [3.05, 3.63) is 65.2 Å². The fourth-order valence-corrected chi connectivity index (χ4v) is 3.08. The van der Waals surface area contributed by atoms with Gasteiger partial charge in [-0.25, -0.2) is 4.79 Å². The number of aliphatic hydroxyl groups excluding tert-OH is 1. The second-order valence-electron chi connectivity index (χ2n) is 6.07. The van der Waals surface area contributed by atoms with Gasteiger partial charge in [0, 0.05) is 23.8 Å². The fourth-order valence-electron chi connectivity index (χ4n) is 2.96. The molecule has 1 atom stereocenters. The summed E-state index contributed by atoms with van der Waals surface area (Å²) in [4.78, 5) is 16.5. The summed E-state index contributed by atoms with van der Waals surface area (Å²) in [5.74, 6) is 0. The van der Waals surface area contributed by atoms with Crippen LogP contribution in [0.25, 0.3) is 0 Å². The van der Waals surface area contributed by atoms with Crippen molar-refractivity contribution in [1.29, 1.82) is 0 Å². The van der Waals surface area contributed by atoms with Crippen LogP contribution in [-0.4, -0.2) is 35.2 Å². The molecule has 3 rings (SSSR count). The molecule has 4 nitrogen and oxygen atoms in total. The van der Waals surface area contributed by atoms with Gasteiger partial charge in [-0.1, -0.05) is 41.9 Å². The summed E-state index contributed by atoms with van der Waals surface area (Å²) in [6.07, 6.45) is 1.14. The molecular formula is C19H21ClN2O2. The van der Waals surface area contributed by atoms with Crippen molar-refractivity contribution >= 4 is 23.3 Å². The van der Waals surface area contributed by atoms with Crippen LogP contribution in [0.5, 0.6) is 0 Å². The van der Waals surface area contributed by atoms with Crippen LogP contribution in [0.2, 0.25) is 5.02 Å². The van der Waals surface area contributed by atoms with Crippen LogP contribution >= 0.6 is 11.6 Å². The number of hydrogen-bond acceptors (Lipinski definition) is 2. The molecule has 0 saturated carbocycles. The zero-order chi connectivity index (χ0) is 16.9. The van der Waals surface area contributed by atoms with Gasteiger partial charge in [-0.3, -0.25) is 4.90 Å². The number of anilines is 1. The first-order valence-corrected chi connectivity index (χ1v) is 8.55. The smallest absolute Gasteiger partial charge is 0.324 e. The van der Waals surface area contributed by atoms with E-state index in [-0.39, 0.29) is 6.03 Å². The third-order valence-electron chi connectivity index (χ3n) is 4.22. The van der Waals surface area contributed by atoms with Crippen molar-refractivity contribution in [2.75, 3.05) is 18.0 Å². The van der Waals surface area contributed by atoms with Gasteiger partial charge in [0.1, 0.15) is 0 Å². The molecule has 2 amide bonds. The van der Waals surface area contributed by atoms with Crippen LogP contribution in [-0.2, 0) is 6.54 Å². The number of aliphatic hydroxyl groups is 1. The van der Waals surface area contributed by atoms with Gasteiger partial charge in [0.15, 0.2) is 0 Å². The van der Waals surface area contributed by atoms with Crippen LogP contribution in [0.4, 0.5) is 10.5 Å². The number of likely N-dealkylation sites (tertiary alicyclic amines) is 1. The Labute approximate surface area is 147 Å². The number of rotatable bonds is 3. The number of carbonyl (C=O) groups is 1. The highest BCUT2D eigenvalue weighted by Gasteiger charge is 2.27. The monoisotopic (exact) mass is 344 g/mol. The second-order valence-corrected chi connectivity index (χ2v) is 6.51. The van der Waals surface area contributed by atoms with E-state index in [1.165, 1.54) is 0 Å². The molecule has 2 aromatic carbocycles. The lowest BCUT2D eigenvalue weighted by Crippen LogP contribution is -2.48. The Morgan fingerprint density at radius 2 is 1.88 bits per heavy atom. The van der Waals surface area contributed by atoms with E-state index >= 15 is 0 Å². The predicted molar refractivity (Wildman–Crippen MR) is 96.3 cm³/mol. The van der Waals surface area contributed by atoms with E-state index in [4.69, 9.17) is 11.6 Å². The van der Waals surface area contributed by atoms with Crippen LogP contribution in [0.15, 0.2) is 54.6 Å². The lowest BCUT2D eigenvalue weighted by Gasteiger charge is -2.35. The van der Waals surface area contributed by atoms with Crippen LogP contribution in [0.3, 0.4) is 0 Å². The van der Waals surface area contributed by atoms with E-state index in [0.717, 1.165) is 24.1 Å². The number of β-amino-alcohol motifs (C(OH)–C–C–N with tert-alkyl or cyclic N) is 1. The third kappa shape index (κ3) is 4.08. The quantitative estimate of drug-likeness (QED) is 0.917. The lowest BCUT2D eigenvalue weighted by molar-refractivity contribution is 0.0862. The second kappa shape index (κ2) is 7.69. The summed E-state index contributed by atoms with van der Waals surface area (Å²) in [5, 5.41) is 10.5. The molecule has 0 aliphatic carbocycles. The Bertz CT molecular complexity index is 676. The van der Waals surface area contributed by atoms with Gasteiger partial charge in [-0.15, -0.1) is 0 Å². The van der Waals surface area contributed by atoms with E-state index in [1.54, 1.807) is 21.9 Å². The minimum atomic E-state index is -0.438. The Hall–Kier alpha value is -2.04. The van der Waals surface area contributed by atoms with Crippen molar-refractivity contribution < 1.29 is 9.90 Å². The summed E-state index contributed by atoms with van der Waals surface area (Å²) in [6.45, 7) is 1.54. The van der Waals surface area contributed by atoms with Crippen molar-refractivity contribution in [1.82, 2.24) is 4.90 Å². The number of hydrogen-bond donors (Lipinski definition) is 1. The topological polar surface area (TPSA) is 43.8 Å². The Kier molecular flexibility index (Phi) is 5.38. The van der Waals surface area contributed by atoms with Crippen molar-refractivity contribution in [3.63, 3.8) is 0 Å². The number of halogens is 1. The van der Waals surface area contributed by atoms with Gasteiger partial charge in [0.05, 0.1) is 12.6 Å². The number of benzene rings is 2. The average molecular weight is 345 g/mol. The van der Waals surface area contributed by atoms with E-state index in [2.05, 4.69) is 0 Å². The molecular weight excluding hydrogens is 324 g/mol. The van der Waals surface area contributed by atoms with E-state index < -0.39 is 6.10 Å². The molecule has 1 saturated heterocycles. The largest absolute Gasteiger partial charge is 0.391 e. The highest BCUT2D eigenvalue weighted by molar-refractivity contribution is 6.30. The molecule has 126 valence electrons. The molecule has 0 aromatic heterocycles. The molecule has 1 N–H and O–H groups in total. The Morgan fingerprint density at radius 3 is 2.54 bits per heavy atom. The molecule has 0 spiro atoms. The maximum atomic E-state index is 13.0. The summed E-state index contributed by atoms with van der Waals surface area (Å²) in [7, 11) is 0. The Morgan fingerprint density at radius 1 is 1.17 bits per heavy atom. The standard InChI is InChI=1S/C19H21ClN2O2/c20-16-8-10-17(11-9-16)22(13-15-5-2-1-3-6-15)19(24)21-12-4-7-18(23)14-21/h1-3,5-6,8-11,18,23H,4,7,12-14H2/t18-/m1/s1. The van der Waals surface area contributed by atoms with E-state index in [1.807, 2.05) is 42.5 Å². The summed E-state index contributed by atoms with van der Waals surface area (Å²) >= 11 is 5.98. The third-order valence-corrected chi connectivity index (χ3v) is 4.47. The van der Waals surface area contributed by atoms with E-state index in [0.29, 0.717) is 24.7 Å². The first kappa shape index (κ1) is 16.8. The highest BCUT2D eigenvalue weighted by atomic mass is 35.5. The first-order valence-electron chi connectivity index (χ1n) is 8.17. The number of urea groups is 1. The van der Waals surface area contributed by atoms with Gasteiger partial charge in [0.2, 0.25) is 0 Å². The summed E-state index contributed by atoms with van der Waals surface area (Å²) < 4.78 is 0. The van der Waals surface area contributed by atoms with Gasteiger partial charge in [-0.2, -0.15) is 0 Å². The maximum absolute atomic E-state index is 13.0.